The number of hydrogen-bond donors (Lipinski definition) is 2. The van der Waals surface area contributed by atoms with Crippen molar-refractivity contribution in [1.29, 1.82) is 0 Å². The van der Waals surface area contributed by atoms with Crippen molar-refractivity contribution < 1.29 is 27.5 Å². The van der Waals surface area contributed by atoms with Crippen LogP contribution in [0.25, 0.3) is 0 Å². The number of esters is 1. The van der Waals surface area contributed by atoms with Gasteiger partial charge in [-0.2, -0.15) is 0 Å². The minimum Gasteiger partial charge on any atom is -0.452 e. The molecule has 2 aromatic rings. The van der Waals surface area contributed by atoms with Crippen LogP contribution in [0.5, 0.6) is 0 Å². The Morgan fingerprint density at radius 1 is 0.969 bits per heavy atom. The van der Waals surface area contributed by atoms with Crippen LogP contribution in [0.2, 0.25) is 0 Å². The lowest BCUT2D eigenvalue weighted by molar-refractivity contribution is -0.123. The molecule has 0 radical (unpaired) electrons. The number of carbonyl (C=O) groups excluding carboxylic acids is 3. The zero-order valence-corrected chi connectivity index (χ0v) is 19.2. The van der Waals surface area contributed by atoms with Crippen LogP contribution in [-0.4, -0.2) is 45.0 Å². The topological polar surface area (TPSA) is 122 Å². The van der Waals surface area contributed by atoms with Crippen LogP contribution in [0, 0.1) is 0 Å². The van der Waals surface area contributed by atoms with Gasteiger partial charge in [-0.15, -0.1) is 0 Å². The molecule has 0 aromatic heterocycles. The minimum absolute atomic E-state index is 0.0105. The first-order chi connectivity index (χ1) is 14.9. The third-order valence-electron chi connectivity index (χ3n) is 4.09. The number of para-hydroxylation sites is 1. The van der Waals surface area contributed by atoms with Gasteiger partial charge in [-0.05, 0) is 64.1 Å². The molecule has 0 aliphatic heterocycles. The van der Waals surface area contributed by atoms with Crippen molar-refractivity contribution in [1.82, 2.24) is 10.6 Å². The molecule has 0 atom stereocenters. The summed E-state index contributed by atoms with van der Waals surface area (Å²) >= 11 is 0. The van der Waals surface area contributed by atoms with E-state index in [-0.39, 0.29) is 17.0 Å². The maximum absolute atomic E-state index is 13.0. The van der Waals surface area contributed by atoms with Gasteiger partial charge in [0.25, 0.3) is 15.9 Å². The molecule has 2 aromatic carbocycles. The summed E-state index contributed by atoms with van der Waals surface area (Å²) in [6.45, 7) is 6.55. The van der Waals surface area contributed by atoms with Gasteiger partial charge in [0.1, 0.15) is 0 Å². The molecule has 0 unspecified atom stereocenters. The fourth-order valence-corrected chi connectivity index (χ4v) is 4.20. The van der Waals surface area contributed by atoms with E-state index in [1.165, 1.54) is 28.6 Å². The Morgan fingerprint density at radius 3 is 2.09 bits per heavy atom. The van der Waals surface area contributed by atoms with Crippen LogP contribution in [0.4, 0.5) is 10.5 Å². The summed E-state index contributed by atoms with van der Waals surface area (Å²) in [7, 11) is -3.83. The molecule has 0 spiro atoms. The van der Waals surface area contributed by atoms with Crippen molar-refractivity contribution in [3.63, 3.8) is 0 Å². The number of imide groups is 1. The summed E-state index contributed by atoms with van der Waals surface area (Å²) in [4.78, 5) is 35.6. The van der Waals surface area contributed by atoms with E-state index < -0.39 is 40.1 Å². The average molecular weight is 462 g/mol. The van der Waals surface area contributed by atoms with Crippen molar-refractivity contribution in [3.8, 4) is 0 Å². The number of hydrogen-bond acceptors (Lipinski definition) is 6. The second-order valence-corrected chi connectivity index (χ2v) is 9.72. The molecule has 9 nitrogen and oxygen atoms in total. The molecular weight excluding hydrogens is 434 g/mol. The Labute approximate surface area is 187 Å². The number of benzene rings is 2. The van der Waals surface area contributed by atoms with E-state index in [1.807, 2.05) is 0 Å². The van der Waals surface area contributed by atoms with Crippen molar-refractivity contribution in [2.45, 2.75) is 38.1 Å². The lowest BCUT2D eigenvalue weighted by Gasteiger charge is -2.22. The fourth-order valence-electron chi connectivity index (χ4n) is 2.72. The summed E-state index contributed by atoms with van der Waals surface area (Å²) in [6, 6.07) is 13.2. The molecule has 0 heterocycles. The quantitative estimate of drug-likeness (QED) is 0.612. The monoisotopic (exact) mass is 461 g/mol. The van der Waals surface area contributed by atoms with Crippen LogP contribution in [0.1, 0.15) is 38.1 Å². The number of rotatable bonds is 7. The second kappa shape index (κ2) is 10.3. The number of nitrogens with zero attached hydrogens (tertiary/aromatic N) is 1. The first-order valence-corrected chi connectivity index (χ1v) is 11.3. The molecule has 0 aliphatic carbocycles. The van der Waals surface area contributed by atoms with Gasteiger partial charge in [-0.1, -0.05) is 18.2 Å². The van der Waals surface area contributed by atoms with E-state index in [0.717, 1.165) is 0 Å². The SMILES string of the molecule is CCN(c1ccccc1)S(=O)(=O)c1ccc(C(=O)OCC(=O)NC(=O)NC(C)(C)C)cc1. The first-order valence-electron chi connectivity index (χ1n) is 9.91. The summed E-state index contributed by atoms with van der Waals surface area (Å²) < 4.78 is 32.1. The number of sulfonamides is 1. The van der Waals surface area contributed by atoms with Crippen LogP contribution in [0.3, 0.4) is 0 Å². The zero-order valence-electron chi connectivity index (χ0n) is 18.4. The van der Waals surface area contributed by atoms with E-state index in [4.69, 9.17) is 4.74 Å². The lowest BCUT2D eigenvalue weighted by atomic mass is 10.1. The van der Waals surface area contributed by atoms with Crippen LogP contribution < -0.4 is 14.9 Å². The van der Waals surface area contributed by atoms with E-state index in [1.54, 1.807) is 58.0 Å². The van der Waals surface area contributed by atoms with Crippen molar-refractivity contribution in [3.05, 3.63) is 60.2 Å². The predicted molar refractivity (Wildman–Crippen MR) is 120 cm³/mol. The Kier molecular flexibility index (Phi) is 7.98. The van der Waals surface area contributed by atoms with E-state index in [0.29, 0.717) is 5.69 Å². The van der Waals surface area contributed by atoms with Crippen molar-refractivity contribution in [2.24, 2.45) is 0 Å². The minimum atomic E-state index is -3.83. The molecule has 172 valence electrons. The van der Waals surface area contributed by atoms with Gasteiger partial charge < -0.3 is 10.1 Å². The third-order valence-corrected chi connectivity index (χ3v) is 6.00. The molecule has 0 aliphatic rings. The van der Waals surface area contributed by atoms with E-state index in [9.17, 15) is 22.8 Å². The normalized spacial score (nSPS) is 11.4. The Bertz CT molecular complexity index is 1060. The Hall–Kier alpha value is -3.40. The largest absolute Gasteiger partial charge is 0.452 e. The average Bonchev–Trinajstić information content (AvgIpc) is 2.71. The molecule has 2 N–H and O–H groups in total. The van der Waals surface area contributed by atoms with Gasteiger partial charge in [0.05, 0.1) is 16.1 Å². The van der Waals surface area contributed by atoms with Gasteiger partial charge >= 0.3 is 12.0 Å². The van der Waals surface area contributed by atoms with Crippen LogP contribution >= 0.6 is 0 Å². The predicted octanol–water partition coefficient (Wildman–Crippen LogP) is 2.68. The maximum Gasteiger partial charge on any atom is 0.338 e. The highest BCUT2D eigenvalue weighted by atomic mass is 32.2. The van der Waals surface area contributed by atoms with Crippen LogP contribution in [-0.2, 0) is 19.6 Å². The molecule has 0 saturated carbocycles. The highest BCUT2D eigenvalue weighted by molar-refractivity contribution is 7.92. The molecular formula is C22H27N3O6S. The molecule has 2 rings (SSSR count). The third kappa shape index (κ3) is 6.81. The second-order valence-electron chi connectivity index (χ2n) is 7.86. The highest BCUT2D eigenvalue weighted by Crippen LogP contribution is 2.23. The molecule has 0 bridgehead atoms. The van der Waals surface area contributed by atoms with Gasteiger partial charge in [-0.25, -0.2) is 18.0 Å². The van der Waals surface area contributed by atoms with Crippen molar-refractivity contribution in [2.75, 3.05) is 17.5 Å². The molecule has 0 saturated heterocycles. The summed E-state index contributed by atoms with van der Waals surface area (Å²) in [6.07, 6.45) is 0. The molecule has 3 amide bonds. The van der Waals surface area contributed by atoms with Crippen molar-refractivity contribution >= 4 is 33.6 Å². The summed E-state index contributed by atoms with van der Waals surface area (Å²) in [5.41, 5.74) is 0.0652. The van der Waals surface area contributed by atoms with Crippen LogP contribution in [0.15, 0.2) is 59.5 Å². The van der Waals surface area contributed by atoms with Gasteiger partial charge in [0.2, 0.25) is 0 Å². The van der Waals surface area contributed by atoms with E-state index in [2.05, 4.69) is 10.6 Å². The number of anilines is 1. The fraction of sp³-hybridized carbons (Fsp3) is 0.318. The number of carbonyl (C=O) groups is 3. The number of nitrogens with one attached hydrogen (secondary N) is 2. The Morgan fingerprint density at radius 2 is 1.56 bits per heavy atom. The zero-order chi connectivity index (χ0) is 23.9. The maximum atomic E-state index is 13.0. The molecule has 0 fully saturated rings. The Balaban J connectivity index is 2.01. The highest BCUT2D eigenvalue weighted by Gasteiger charge is 2.24. The van der Waals surface area contributed by atoms with E-state index >= 15 is 0 Å². The van der Waals surface area contributed by atoms with Gasteiger partial charge in [-0.3, -0.25) is 14.4 Å². The number of ether oxygens (including phenoxy) is 1. The lowest BCUT2D eigenvalue weighted by Crippen LogP contribution is -2.49. The first kappa shape index (κ1) is 24.9. The van der Waals surface area contributed by atoms with Gasteiger partial charge in [0.15, 0.2) is 6.61 Å². The smallest absolute Gasteiger partial charge is 0.338 e. The number of urea groups is 1. The number of amides is 3. The standard InChI is InChI=1S/C22H27N3O6S/c1-5-25(17-9-7-6-8-10-17)32(29,30)18-13-11-16(12-14-18)20(27)31-15-19(26)23-21(28)24-22(2,3)4/h6-14H,5,15H2,1-4H3,(H2,23,24,26,28). The molecule has 32 heavy (non-hydrogen) atoms. The summed E-state index contributed by atoms with van der Waals surface area (Å²) in [5, 5.41) is 4.60. The van der Waals surface area contributed by atoms with Gasteiger partial charge in [0, 0.05) is 12.1 Å². The summed E-state index contributed by atoms with van der Waals surface area (Å²) in [5.74, 6) is -1.61. The molecule has 10 heteroatoms.